The third-order valence-corrected chi connectivity index (χ3v) is 1.96. The fourth-order valence-electron chi connectivity index (χ4n) is 0.966. The number of carbonyl (C=O) groups is 2. The van der Waals surface area contributed by atoms with Crippen LogP contribution in [0.2, 0.25) is 0 Å². The molecule has 0 aromatic carbocycles. The number of nitrogens with zero attached hydrogens (tertiary/aromatic N) is 1. The van der Waals surface area contributed by atoms with Crippen LogP contribution >= 0.6 is 0 Å². The highest BCUT2D eigenvalue weighted by Gasteiger charge is 2.42. The molecule has 1 saturated heterocycles. The van der Waals surface area contributed by atoms with E-state index in [0.29, 0.717) is 6.42 Å². The second-order valence-electron chi connectivity index (χ2n) is 4.28. The summed E-state index contributed by atoms with van der Waals surface area (Å²) in [5.74, 6) is -0.0343. The molecular weight excluding hydrogens is 170 g/mol. The van der Waals surface area contributed by atoms with Gasteiger partial charge in [-0.15, -0.1) is 0 Å². The molecule has 1 atom stereocenters. The summed E-state index contributed by atoms with van der Waals surface area (Å²) in [7, 11) is 0. The molecule has 13 heavy (non-hydrogen) atoms. The summed E-state index contributed by atoms with van der Waals surface area (Å²) in [6.07, 6.45) is -0.0208. The minimum Gasteiger partial charge on any atom is -0.299 e. The van der Waals surface area contributed by atoms with E-state index in [0.717, 1.165) is 0 Å². The van der Waals surface area contributed by atoms with Crippen molar-refractivity contribution in [2.75, 3.05) is 0 Å². The Morgan fingerprint density at radius 2 is 1.92 bits per heavy atom. The van der Waals surface area contributed by atoms with Gasteiger partial charge in [-0.3, -0.25) is 9.59 Å². The van der Waals surface area contributed by atoms with E-state index < -0.39 is 0 Å². The lowest BCUT2D eigenvalue weighted by Gasteiger charge is -2.14. The lowest BCUT2D eigenvalue weighted by Crippen LogP contribution is -2.23. The van der Waals surface area contributed by atoms with Gasteiger partial charge in [0.25, 0.3) is 0 Å². The van der Waals surface area contributed by atoms with Crippen LogP contribution in [0.15, 0.2) is 0 Å². The molecule has 0 aromatic rings. The SMILES string of the molecule is CC(=O)N1OC1CC(=O)C(C)(C)C. The van der Waals surface area contributed by atoms with E-state index in [1.54, 1.807) is 0 Å². The molecule has 1 fully saturated rings. The molecule has 0 spiro atoms. The van der Waals surface area contributed by atoms with Crippen LogP contribution in [-0.4, -0.2) is 23.0 Å². The van der Waals surface area contributed by atoms with Gasteiger partial charge in [0.2, 0.25) is 5.91 Å². The summed E-state index contributed by atoms with van der Waals surface area (Å²) in [6, 6.07) is 0. The number of amides is 1. The van der Waals surface area contributed by atoms with E-state index >= 15 is 0 Å². The summed E-state index contributed by atoms with van der Waals surface area (Å²) >= 11 is 0. The maximum Gasteiger partial charge on any atom is 0.245 e. The summed E-state index contributed by atoms with van der Waals surface area (Å²) in [5, 5.41) is 1.23. The first-order valence-electron chi connectivity index (χ1n) is 4.32. The van der Waals surface area contributed by atoms with Crippen LogP contribution in [0.5, 0.6) is 0 Å². The number of carbonyl (C=O) groups excluding carboxylic acids is 2. The van der Waals surface area contributed by atoms with Crippen LogP contribution in [0.4, 0.5) is 0 Å². The highest BCUT2D eigenvalue weighted by atomic mass is 16.8. The smallest absolute Gasteiger partial charge is 0.245 e. The molecule has 4 heteroatoms. The fraction of sp³-hybridized carbons (Fsp3) is 0.778. The van der Waals surface area contributed by atoms with Gasteiger partial charge in [0.15, 0.2) is 6.23 Å². The second kappa shape index (κ2) is 3.10. The average Bonchev–Trinajstić information content (AvgIpc) is 2.64. The Morgan fingerprint density at radius 3 is 2.23 bits per heavy atom. The van der Waals surface area contributed by atoms with Crippen LogP contribution in [-0.2, 0) is 14.4 Å². The van der Waals surface area contributed by atoms with Crippen molar-refractivity contribution in [2.24, 2.45) is 5.41 Å². The van der Waals surface area contributed by atoms with Gasteiger partial charge in [0.05, 0.1) is 6.42 Å². The van der Waals surface area contributed by atoms with Gasteiger partial charge in [-0.2, -0.15) is 5.06 Å². The summed E-state index contributed by atoms with van der Waals surface area (Å²) in [5.41, 5.74) is -0.353. The molecule has 4 nitrogen and oxygen atoms in total. The van der Waals surface area contributed by atoms with Crippen molar-refractivity contribution >= 4 is 11.7 Å². The van der Waals surface area contributed by atoms with Crippen molar-refractivity contribution in [3.05, 3.63) is 0 Å². The molecule has 1 aliphatic rings. The van der Waals surface area contributed by atoms with Gasteiger partial charge in [-0.1, -0.05) is 20.8 Å². The largest absolute Gasteiger partial charge is 0.299 e. The van der Waals surface area contributed by atoms with Crippen LogP contribution in [0, 0.1) is 5.41 Å². The van der Waals surface area contributed by atoms with Crippen molar-refractivity contribution in [2.45, 2.75) is 40.3 Å². The minimum absolute atomic E-state index is 0.112. The predicted molar refractivity (Wildman–Crippen MR) is 46.5 cm³/mol. The topological polar surface area (TPSA) is 49.7 Å². The molecule has 0 aromatic heterocycles. The van der Waals surface area contributed by atoms with Gasteiger partial charge < -0.3 is 0 Å². The van der Waals surface area contributed by atoms with Crippen molar-refractivity contribution in [3.8, 4) is 0 Å². The molecule has 1 heterocycles. The third kappa shape index (κ3) is 2.52. The van der Waals surface area contributed by atoms with Gasteiger partial charge in [-0.25, -0.2) is 4.84 Å². The Labute approximate surface area is 77.8 Å². The molecule has 0 radical (unpaired) electrons. The standard InChI is InChI=1S/C9H15NO3/c1-6(11)10-8(13-10)5-7(12)9(2,3)4/h8H,5H2,1-4H3. The molecule has 0 N–H and O–H groups in total. The number of rotatable bonds is 2. The first-order valence-corrected chi connectivity index (χ1v) is 4.32. The number of hydrogen-bond donors (Lipinski definition) is 0. The molecule has 1 aliphatic heterocycles. The monoisotopic (exact) mass is 185 g/mol. The highest BCUT2D eigenvalue weighted by Crippen LogP contribution is 2.27. The van der Waals surface area contributed by atoms with E-state index in [1.165, 1.54) is 12.0 Å². The van der Waals surface area contributed by atoms with Crippen LogP contribution in [0.3, 0.4) is 0 Å². The van der Waals surface area contributed by atoms with E-state index in [4.69, 9.17) is 4.84 Å². The Balaban J connectivity index is 2.37. The molecule has 1 amide bonds. The summed E-state index contributed by atoms with van der Waals surface area (Å²) in [6.45, 7) is 6.99. The summed E-state index contributed by atoms with van der Waals surface area (Å²) in [4.78, 5) is 27.1. The number of ketones is 1. The average molecular weight is 185 g/mol. The van der Waals surface area contributed by atoms with E-state index in [9.17, 15) is 9.59 Å². The zero-order chi connectivity index (χ0) is 10.2. The van der Waals surface area contributed by atoms with Gasteiger partial charge in [0, 0.05) is 12.3 Å². The fourth-order valence-corrected chi connectivity index (χ4v) is 0.966. The Hall–Kier alpha value is -0.900. The van der Waals surface area contributed by atoms with Crippen molar-refractivity contribution in [3.63, 3.8) is 0 Å². The van der Waals surface area contributed by atoms with Crippen LogP contribution in [0.1, 0.15) is 34.1 Å². The number of hydrogen-bond acceptors (Lipinski definition) is 3. The lowest BCUT2D eigenvalue weighted by molar-refractivity contribution is -0.129. The Bertz CT molecular complexity index is 242. The first-order chi connectivity index (χ1) is 5.82. The molecule has 1 rings (SSSR count). The van der Waals surface area contributed by atoms with Gasteiger partial charge >= 0.3 is 0 Å². The predicted octanol–water partition coefficient (Wildman–Crippen LogP) is 1.11. The van der Waals surface area contributed by atoms with Gasteiger partial charge in [-0.05, 0) is 0 Å². The second-order valence-corrected chi connectivity index (χ2v) is 4.28. The van der Waals surface area contributed by atoms with E-state index in [-0.39, 0.29) is 23.3 Å². The number of hydroxylamine groups is 2. The molecule has 0 saturated carbocycles. The van der Waals surface area contributed by atoms with E-state index in [2.05, 4.69) is 0 Å². The van der Waals surface area contributed by atoms with Gasteiger partial charge in [0.1, 0.15) is 5.78 Å². The lowest BCUT2D eigenvalue weighted by atomic mass is 9.89. The van der Waals surface area contributed by atoms with E-state index in [1.807, 2.05) is 20.8 Å². The zero-order valence-electron chi connectivity index (χ0n) is 8.46. The molecule has 0 bridgehead atoms. The van der Waals surface area contributed by atoms with Crippen molar-refractivity contribution in [1.29, 1.82) is 0 Å². The van der Waals surface area contributed by atoms with Crippen LogP contribution in [0.25, 0.3) is 0 Å². The first kappa shape index (κ1) is 10.2. The summed E-state index contributed by atoms with van der Waals surface area (Å²) < 4.78 is 0. The molecule has 0 aliphatic carbocycles. The molecule has 1 unspecified atom stereocenters. The quantitative estimate of drug-likeness (QED) is 0.605. The van der Waals surface area contributed by atoms with Crippen LogP contribution < -0.4 is 0 Å². The minimum atomic E-state index is -0.353. The van der Waals surface area contributed by atoms with Crippen molar-refractivity contribution in [1.82, 2.24) is 5.06 Å². The molecule has 74 valence electrons. The maximum atomic E-state index is 11.5. The Kier molecular flexibility index (Phi) is 2.43. The van der Waals surface area contributed by atoms with Crippen molar-refractivity contribution < 1.29 is 14.4 Å². The highest BCUT2D eigenvalue weighted by molar-refractivity contribution is 5.85. The number of Topliss-reactive ketones (excluding diaryl/α,β-unsaturated/α-hetero) is 1. The third-order valence-electron chi connectivity index (χ3n) is 1.96. The Morgan fingerprint density at radius 1 is 1.38 bits per heavy atom. The maximum absolute atomic E-state index is 11.5. The molecular formula is C9H15NO3. The normalized spacial score (nSPS) is 21.5. The zero-order valence-corrected chi connectivity index (χ0v) is 8.46.